The maximum atomic E-state index is 11.5. The van der Waals surface area contributed by atoms with Gasteiger partial charge in [0, 0.05) is 6.54 Å². The molecular formula is C12H23NO2. The number of esters is 1. The van der Waals surface area contributed by atoms with Crippen molar-refractivity contribution in [2.24, 2.45) is 0 Å². The summed E-state index contributed by atoms with van der Waals surface area (Å²) in [5, 5.41) is 3.09. The van der Waals surface area contributed by atoms with Gasteiger partial charge in [-0.15, -0.1) is 0 Å². The van der Waals surface area contributed by atoms with Crippen LogP contribution in [-0.2, 0) is 9.53 Å². The first-order chi connectivity index (χ1) is 6.72. The Kier molecular flexibility index (Phi) is 5.58. The molecule has 0 amide bonds. The number of hydrogen-bond donors (Lipinski definition) is 1. The Morgan fingerprint density at radius 2 is 1.93 bits per heavy atom. The molecule has 15 heavy (non-hydrogen) atoms. The fourth-order valence-electron chi connectivity index (χ4n) is 0.913. The molecule has 0 saturated carbocycles. The third kappa shape index (κ3) is 8.18. The van der Waals surface area contributed by atoms with E-state index in [1.165, 1.54) is 5.57 Å². The SMILES string of the molecule is CC(C)=CCNC(C)C(=O)OC(C)(C)C. The smallest absolute Gasteiger partial charge is 0.323 e. The van der Waals surface area contributed by atoms with E-state index in [-0.39, 0.29) is 12.0 Å². The van der Waals surface area contributed by atoms with E-state index in [9.17, 15) is 4.79 Å². The topological polar surface area (TPSA) is 38.3 Å². The second-order valence-electron chi connectivity index (χ2n) is 4.94. The molecule has 0 spiro atoms. The van der Waals surface area contributed by atoms with E-state index in [1.807, 2.05) is 47.6 Å². The van der Waals surface area contributed by atoms with Gasteiger partial charge in [0.05, 0.1) is 0 Å². The number of carbonyl (C=O) groups excluding carboxylic acids is 1. The molecule has 0 bridgehead atoms. The molecule has 3 heteroatoms. The summed E-state index contributed by atoms with van der Waals surface area (Å²) >= 11 is 0. The molecule has 0 heterocycles. The fourth-order valence-corrected chi connectivity index (χ4v) is 0.913. The Balaban J connectivity index is 3.95. The number of carbonyl (C=O) groups is 1. The summed E-state index contributed by atoms with van der Waals surface area (Å²) in [6, 6.07) is -0.264. The average Bonchev–Trinajstić information content (AvgIpc) is 1.99. The van der Waals surface area contributed by atoms with Crippen LogP contribution in [0.4, 0.5) is 0 Å². The molecule has 1 atom stereocenters. The molecule has 88 valence electrons. The number of hydrogen-bond acceptors (Lipinski definition) is 3. The summed E-state index contributed by atoms with van der Waals surface area (Å²) in [5.74, 6) is -0.204. The maximum Gasteiger partial charge on any atom is 0.323 e. The molecule has 1 unspecified atom stereocenters. The Morgan fingerprint density at radius 1 is 1.40 bits per heavy atom. The molecule has 3 nitrogen and oxygen atoms in total. The van der Waals surface area contributed by atoms with Crippen LogP contribution >= 0.6 is 0 Å². The molecule has 0 aliphatic carbocycles. The van der Waals surface area contributed by atoms with Gasteiger partial charge >= 0.3 is 5.97 Å². The summed E-state index contributed by atoms with van der Waals surface area (Å²) in [7, 11) is 0. The molecule has 1 N–H and O–H groups in total. The van der Waals surface area contributed by atoms with E-state index in [0.717, 1.165) is 0 Å². The highest BCUT2D eigenvalue weighted by Crippen LogP contribution is 2.08. The lowest BCUT2D eigenvalue weighted by atomic mass is 10.2. The third-order valence-corrected chi connectivity index (χ3v) is 1.69. The number of allylic oxidation sites excluding steroid dienone is 1. The van der Waals surface area contributed by atoms with Crippen LogP contribution in [0.2, 0.25) is 0 Å². The van der Waals surface area contributed by atoms with Gasteiger partial charge in [-0.25, -0.2) is 0 Å². The monoisotopic (exact) mass is 213 g/mol. The predicted octanol–water partition coefficient (Wildman–Crippen LogP) is 2.27. The van der Waals surface area contributed by atoms with Gasteiger partial charge in [0.15, 0.2) is 0 Å². The van der Waals surface area contributed by atoms with Crippen molar-refractivity contribution in [1.29, 1.82) is 0 Å². The summed E-state index contributed by atoms with van der Waals surface area (Å²) in [6.45, 7) is 12.2. The van der Waals surface area contributed by atoms with E-state index in [4.69, 9.17) is 4.74 Å². The van der Waals surface area contributed by atoms with Crippen LogP contribution in [0.5, 0.6) is 0 Å². The molecule has 0 aliphatic heterocycles. The summed E-state index contributed by atoms with van der Waals surface area (Å²) in [5.41, 5.74) is 0.822. The Morgan fingerprint density at radius 3 is 2.33 bits per heavy atom. The van der Waals surface area contributed by atoms with Crippen molar-refractivity contribution in [2.45, 2.75) is 53.2 Å². The van der Waals surface area contributed by atoms with Crippen LogP contribution < -0.4 is 5.32 Å². The highest BCUT2D eigenvalue weighted by molar-refractivity contribution is 5.75. The zero-order valence-electron chi connectivity index (χ0n) is 10.7. The zero-order valence-corrected chi connectivity index (χ0v) is 10.7. The van der Waals surface area contributed by atoms with Crippen LogP contribution in [0.1, 0.15) is 41.5 Å². The normalized spacial score (nSPS) is 13.2. The second-order valence-corrected chi connectivity index (χ2v) is 4.94. The first-order valence-electron chi connectivity index (χ1n) is 5.32. The largest absolute Gasteiger partial charge is 0.459 e. The molecule has 0 aliphatic rings. The first-order valence-corrected chi connectivity index (χ1v) is 5.32. The van der Waals surface area contributed by atoms with Gasteiger partial charge in [-0.3, -0.25) is 4.79 Å². The van der Waals surface area contributed by atoms with Crippen molar-refractivity contribution in [1.82, 2.24) is 5.32 Å². The lowest BCUT2D eigenvalue weighted by molar-refractivity contribution is -0.156. The number of rotatable bonds is 4. The minimum atomic E-state index is -0.413. The van der Waals surface area contributed by atoms with Gasteiger partial charge in [-0.2, -0.15) is 0 Å². The van der Waals surface area contributed by atoms with Crippen LogP contribution in [-0.4, -0.2) is 24.2 Å². The Hall–Kier alpha value is -0.830. The third-order valence-electron chi connectivity index (χ3n) is 1.69. The summed E-state index contributed by atoms with van der Waals surface area (Å²) in [4.78, 5) is 11.5. The predicted molar refractivity (Wildman–Crippen MR) is 62.7 cm³/mol. The minimum Gasteiger partial charge on any atom is -0.459 e. The lowest BCUT2D eigenvalue weighted by Crippen LogP contribution is -2.39. The van der Waals surface area contributed by atoms with Crippen molar-refractivity contribution < 1.29 is 9.53 Å². The van der Waals surface area contributed by atoms with Crippen LogP contribution in [0.15, 0.2) is 11.6 Å². The Labute approximate surface area is 92.9 Å². The molecule has 0 saturated heterocycles. The minimum absolute atomic E-state index is 0.204. The van der Waals surface area contributed by atoms with Crippen LogP contribution in [0.3, 0.4) is 0 Å². The lowest BCUT2D eigenvalue weighted by Gasteiger charge is -2.22. The van der Waals surface area contributed by atoms with Crippen molar-refractivity contribution in [3.8, 4) is 0 Å². The van der Waals surface area contributed by atoms with Gasteiger partial charge in [-0.05, 0) is 41.5 Å². The number of nitrogens with one attached hydrogen (secondary N) is 1. The van der Waals surface area contributed by atoms with E-state index < -0.39 is 5.60 Å². The van der Waals surface area contributed by atoms with Crippen LogP contribution in [0, 0.1) is 0 Å². The van der Waals surface area contributed by atoms with Gasteiger partial charge in [-0.1, -0.05) is 11.6 Å². The first kappa shape index (κ1) is 14.2. The molecule has 0 radical (unpaired) electrons. The van der Waals surface area contributed by atoms with Crippen molar-refractivity contribution in [2.75, 3.05) is 6.54 Å². The van der Waals surface area contributed by atoms with Gasteiger partial charge in [0.1, 0.15) is 11.6 Å². The second kappa shape index (κ2) is 5.91. The standard InChI is InChI=1S/C12H23NO2/c1-9(2)7-8-13-10(3)11(14)15-12(4,5)6/h7,10,13H,8H2,1-6H3. The van der Waals surface area contributed by atoms with Gasteiger partial charge < -0.3 is 10.1 Å². The maximum absolute atomic E-state index is 11.5. The van der Waals surface area contributed by atoms with Crippen molar-refractivity contribution in [3.63, 3.8) is 0 Å². The van der Waals surface area contributed by atoms with Gasteiger partial charge in [0.25, 0.3) is 0 Å². The van der Waals surface area contributed by atoms with Crippen LogP contribution in [0.25, 0.3) is 0 Å². The van der Waals surface area contributed by atoms with Gasteiger partial charge in [0.2, 0.25) is 0 Å². The quantitative estimate of drug-likeness (QED) is 0.575. The van der Waals surface area contributed by atoms with E-state index in [0.29, 0.717) is 6.54 Å². The summed E-state index contributed by atoms with van der Waals surface area (Å²) < 4.78 is 5.23. The molecular weight excluding hydrogens is 190 g/mol. The average molecular weight is 213 g/mol. The Bertz CT molecular complexity index is 234. The van der Waals surface area contributed by atoms with E-state index in [1.54, 1.807) is 0 Å². The fraction of sp³-hybridized carbons (Fsp3) is 0.750. The summed E-state index contributed by atoms with van der Waals surface area (Å²) in [6.07, 6.45) is 2.04. The zero-order chi connectivity index (χ0) is 12.1. The van der Waals surface area contributed by atoms with Crippen molar-refractivity contribution in [3.05, 3.63) is 11.6 Å². The molecule has 0 fully saturated rings. The highest BCUT2D eigenvalue weighted by atomic mass is 16.6. The van der Waals surface area contributed by atoms with E-state index in [2.05, 4.69) is 5.32 Å². The molecule has 0 rings (SSSR count). The highest BCUT2D eigenvalue weighted by Gasteiger charge is 2.20. The van der Waals surface area contributed by atoms with Crippen molar-refractivity contribution >= 4 is 5.97 Å². The molecule has 0 aromatic rings. The van der Waals surface area contributed by atoms with E-state index >= 15 is 0 Å². The molecule has 0 aromatic heterocycles. The molecule has 0 aromatic carbocycles. The number of ether oxygens (including phenoxy) is 1.